The smallest absolute Gasteiger partial charge is 0.267 e. The standard InChI is InChI=1S/C14H12N2OS/c1-9-3-4-10(2)12(7-9)16-14(17)11-5-6-15-8-13(11)18-16/h3-8H,1-2H3. The van der Waals surface area contributed by atoms with Gasteiger partial charge in [-0.05, 0) is 48.6 Å². The van der Waals surface area contributed by atoms with Crippen LogP contribution in [0.15, 0.2) is 41.5 Å². The number of benzene rings is 1. The third-order valence-electron chi connectivity index (χ3n) is 2.97. The van der Waals surface area contributed by atoms with Crippen molar-refractivity contribution in [3.63, 3.8) is 0 Å². The van der Waals surface area contributed by atoms with Gasteiger partial charge in [-0.15, -0.1) is 0 Å². The van der Waals surface area contributed by atoms with Gasteiger partial charge in [-0.25, -0.2) is 3.96 Å². The van der Waals surface area contributed by atoms with Crippen molar-refractivity contribution in [2.45, 2.75) is 13.8 Å². The second kappa shape index (κ2) is 4.07. The van der Waals surface area contributed by atoms with Crippen LogP contribution in [-0.2, 0) is 0 Å². The van der Waals surface area contributed by atoms with E-state index in [9.17, 15) is 4.79 Å². The normalized spacial score (nSPS) is 11.0. The number of fused-ring (bicyclic) bond motifs is 1. The van der Waals surface area contributed by atoms with Gasteiger partial charge in [0.15, 0.2) is 0 Å². The molecule has 90 valence electrons. The van der Waals surface area contributed by atoms with E-state index in [0.717, 1.165) is 26.9 Å². The predicted molar refractivity (Wildman–Crippen MR) is 74.7 cm³/mol. The summed E-state index contributed by atoms with van der Waals surface area (Å²) in [6.07, 6.45) is 3.40. The Morgan fingerprint density at radius 2 is 2.06 bits per heavy atom. The number of hydrogen-bond acceptors (Lipinski definition) is 3. The maximum atomic E-state index is 12.3. The second-order valence-electron chi connectivity index (χ2n) is 4.35. The van der Waals surface area contributed by atoms with E-state index < -0.39 is 0 Å². The Labute approximate surface area is 108 Å². The maximum absolute atomic E-state index is 12.3. The van der Waals surface area contributed by atoms with Crippen LogP contribution in [-0.4, -0.2) is 8.94 Å². The number of pyridine rings is 1. The highest BCUT2D eigenvalue weighted by Gasteiger charge is 2.10. The van der Waals surface area contributed by atoms with Crippen molar-refractivity contribution >= 4 is 21.6 Å². The van der Waals surface area contributed by atoms with E-state index in [4.69, 9.17) is 0 Å². The van der Waals surface area contributed by atoms with Gasteiger partial charge in [0.2, 0.25) is 0 Å². The summed E-state index contributed by atoms with van der Waals surface area (Å²) in [5.41, 5.74) is 3.24. The number of hydrogen-bond donors (Lipinski definition) is 0. The van der Waals surface area contributed by atoms with Crippen LogP contribution in [0, 0.1) is 13.8 Å². The average Bonchev–Trinajstić information content (AvgIpc) is 2.71. The molecule has 3 rings (SSSR count). The molecule has 0 aliphatic heterocycles. The van der Waals surface area contributed by atoms with Gasteiger partial charge in [0.05, 0.1) is 15.8 Å². The molecule has 18 heavy (non-hydrogen) atoms. The molecule has 2 aromatic heterocycles. The molecule has 4 heteroatoms. The van der Waals surface area contributed by atoms with Crippen molar-refractivity contribution in [2.75, 3.05) is 0 Å². The van der Waals surface area contributed by atoms with E-state index in [-0.39, 0.29) is 5.56 Å². The van der Waals surface area contributed by atoms with Gasteiger partial charge in [-0.1, -0.05) is 12.1 Å². The Morgan fingerprint density at radius 1 is 1.22 bits per heavy atom. The molecule has 3 nitrogen and oxygen atoms in total. The molecular formula is C14H12N2OS. The van der Waals surface area contributed by atoms with Crippen molar-refractivity contribution in [2.24, 2.45) is 0 Å². The zero-order valence-electron chi connectivity index (χ0n) is 10.2. The first-order chi connectivity index (χ1) is 8.66. The highest BCUT2D eigenvalue weighted by Crippen LogP contribution is 2.21. The lowest BCUT2D eigenvalue weighted by molar-refractivity contribution is 1.11. The highest BCUT2D eigenvalue weighted by molar-refractivity contribution is 7.14. The molecule has 3 aromatic rings. The lowest BCUT2D eigenvalue weighted by Crippen LogP contribution is -2.11. The molecule has 0 spiro atoms. The molecule has 0 saturated carbocycles. The van der Waals surface area contributed by atoms with E-state index in [2.05, 4.69) is 11.1 Å². The fraction of sp³-hybridized carbons (Fsp3) is 0.143. The fourth-order valence-electron chi connectivity index (χ4n) is 1.98. The molecule has 0 fully saturated rings. The van der Waals surface area contributed by atoms with Crippen molar-refractivity contribution in [1.82, 2.24) is 8.94 Å². The summed E-state index contributed by atoms with van der Waals surface area (Å²) in [7, 11) is 0. The number of aryl methyl sites for hydroxylation is 2. The average molecular weight is 256 g/mol. The Kier molecular flexibility index (Phi) is 2.52. The molecule has 0 saturated heterocycles. The van der Waals surface area contributed by atoms with Crippen LogP contribution >= 0.6 is 11.5 Å². The summed E-state index contributed by atoms with van der Waals surface area (Å²) >= 11 is 1.44. The molecule has 0 aliphatic carbocycles. The van der Waals surface area contributed by atoms with Gasteiger partial charge >= 0.3 is 0 Å². The minimum atomic E-state index is 0.0334. The SMILES string of the molecule is Cc1ccc(C)c(-n2sc3cnccc3c2=O)c1. The van der Waals surface area contributed by atoms with Crippen LogP contribution < -0.4 is 5.56 Å². The molecule has 0 amide bonds. The maximum Gasteiger partial charge on any atom is 0.273 e. The first-order valence-electron chi connectivity index (χ1n) is 5.70. The second-order valence-corrected chi connectivity index (χ2v) is 5.34. The zero-order chi connectivity index (χ0) is 12.7. The number of nitrogens with zero attached hydrogens (tertiary/aromatic N) is 2. The van der Waals surface area contributed by atoms with Gasteiger partial charge in [0.1, 0.15) is 0 Å². The Hall–Kier alpha value is -1.94. The zero-order valence-corrected chi connectivity index (χ0v) is 11.0. The molecule has 2 heterocycles. The Bertz CT molecular complexity index is 786. The van der Waals surface area contributed by atoms with Gasteiger partial charge in [-0.3, -0.25) is 9.78 Å². The van der Waals surface area contributed by atoms with E-state index in [1.807, 2.05) is 26.0 Å². The largest absolute Gasteiger partial charge is 0.273 e. The number of rotatable bonds is 1. The van der Waals surface area contributed by atoms with Crippen LogP contribution in [0.3, 0.4) is 0 Å². The highest BCUT2D eigenvalue weighted by atomic mass is 32.1. The molecule has 0 aliphatic rings. The molecule has 0 N–H and O–H groups in total. The van der Waals surface area contributed by atoms with E-state index >= 15 is 0 Å². The minimum absolute atomic E-state index is 0.0334. The molecule has 0 unspecified atom stereocenters. The van der Waals surface area contributed by atoms with Crippen molar-refractivity contribution in [3.8, 4) is 5.69 Å². The fourth-order valence-corrected chi connectivity index (χ4v) is 3.01. The minimum Gasteiger partial charge on any atom is -0.267 e. The van der Waals surface area contributed by atoms with Gasteiger partial charge in [-0.2, -0.15) is 0 Å². The summed E-state index contributed by atoms with van der Waals surface area (Å²) in [4.78, 5) is 16.4. The molecule has 0 bridgehead atoms. The van der Waals surface area contributed by atoms with Gasteiger partial charge in [0, 0.05) is 12.4 Å². The van der Waals surface area contributed by atoms with Crippen LogP contribution in [0.4, 0.5) is 0 Å². The summed E-state index contributed by atoms with van der Waals surface area (Å²) < 4.78 is 2.66. The lowest BCUT2D eigenvalue weighted by Gasteiger charge is -2.05. The van der Waals surface area contributed by atoms with Gasteiger partial charge in [0.25, 0.3) is 5.56 Å². The summed E-state index contributed by atoms with van der Waals surface area (Å²) in [5, 5.41) is 0.732. The summed E-state index contributed by atoms with van der Waals surface area (Å²) in [5.74, 6) is 0. The summed E-state index contributed by atoms with van der Waals surface area (Å²) in [6, 6.07) is 7.91. The van der Waals surface area contributed by atoms with Crippen molar-refractivity contribution < 1.29 is 0 Å². The van der Waals surface area contributed by atoms with Crippen LogP contribution in [0.2, 0.25) is 0 Å². The van der Waals surface area contributed by atoms with E-state index in [0.29, 0.717) is 0 Å². The third kappa shape index (κ3) is 1.66. The van der Waals surface area contributed by atoms with Crippen LogP contribution in [0.1, 0.15) is 11.1 Å². The Morgan fingerprint density at radius 3 is 2.83 bits per heavy atom. The molecule has 0 atom stereocenters. The molecule has 1 aromatic carbocycles. The topological polar surface area (TPSA) is 34.9 Å². The van der Waals surface area contributed by atoms with Crippen molar-refractivity contribution in [1.29, 1.82) is 0 Å². The first kappa shape index (κ1) is 11.2. The van der Waals surface area contributed by atoms with E-state index in [1.54, 1.807) is 22.4 Å². The quantitative estimate of drug-likeness (QED) is 0.670. The Balaban J connectivity index is 2.35. The molecule has 0 radical (unpaired) electrons. The predicted octanol–water partition coefficient (Wildman–Crippen LogP) is 3.06. The van der Waals surface area contributed by atoms with Gasteiger partial charge < -0.3 is 0 Å². The molecular weight excluding hydrogens is 244 g/mol. The summed E-state index contributed by atoms with van der Waals surface area (Å²) in [6.45, 7) is 4.05. The van der Waals surface area contributed by atoms with Crippen molar-refractivity contribution in [3.05, 3.63) is 58.1 Å². The van der Waals surface area contributed by atoms with Crippen LogP contribution in [0.5, 0.6) is 0 Å². The lowest BCUT2D eigenvalue weighted by atomic mass is 10.1. The number of aromatic nitrogens is 2. The van der Waals surface area contributed by atoms with Crippen LogP contribution in [0.25, 0.3) is 15.8 Å². The monoisotopic (exact) mass is 256 g/mol. The first-order valence-corrected chi connectivity index (χ1v) is 6.48. The van der Waals surface area contributed by atoms with E-state index in [1.165, 1.54) is 11.5 Å². The third-order valence-corrected chi connectivity index (χ3v) is 4.04.